The monoisotopic (exact) mass is 600 g/mol. The molecule has 0 aliphatic heterocycles. The molecule has 3 heterocycles. The van der Waals surface area contributed by atoms with Gasteiger partial charge in [-0.3, -0.25) is 9.36 Å². The van der Waals surface area contributed by atoms with E-state index in [4.69, 9.17) is 39.5 Å². The number of fused-ring (bicyclic) bond motifs is 1. The van der Waals surface area contributed by atoms with Crippen LogP contribution in [0.2, 0.25) is 15.2 Å². The predicted molar refractivity (Wildman–Crippen MR) is 132 cm³/mol. The smallest absolute Gasteiger partial charge is 0.391 e. The first kappa shape index (κ1) is 28.4. The summed E-state index contributed by atoms with van der Waals surface area (Å²) in [4.78, 5) is 25.5. The van der Waals surface area contributed by atoms with Crippen LogP contribution in [0.5, 0.6) is 5.88 Å². The molecule has 1 amide bonds. The van der Waals surface area contributed by atoms with E-state index in [1.807, 2.05) is 0 Å². The lowest BCUT2D eigenvalue weighted by atomic mass is 9.85. The number of carbonyl (C=O) groups excluding carboxylic acids is 1. The molecule has 206 valence electrons. The molecule has 3 aromatic rings. The fourth-order valence-electron chi connectivity index (χ4n) is 4.12. The number of pyridine rings is 2. The topological polar surface area (TPSA) is 94.0 Å². The van der Waals surface area contributed by atoms with Gasteiger partial charge in [0.2, 0.25) is 11.8 Å². The fraction of sp³-hybridized carbons (Fsp3) is 0.455. The third-order valence-corrected chi connectivity index (χ3v) is 7.13. The molecular weight excluding hydrogens is 582 g/mol. The highest BCUT2D eigenvalue weighted by Crippen LogP contribution is 2.38. The highest BCUT2D eigenvalue weighted by atomic mass is 35.5. The number of aryl methyl sites for hydroxylation is 1. The summed E-state index contributed by atoms with van der Waals surface area (Å²) in [5, 5.41) is 5.73. The van der Waals surface area contributed by atoms with Crippen LogP contribution in [0.25, 0.3) is 11.2 Å². The van der Waals surface area contributed by atoms with E-state index in [1.54, 1.807) is 7.05 Å². The maximum absolute atomic E-state index is 13.1. The van der Waals surface area contributed by atoms with Gasteiger partial charge in [0.1, 0.15) is 21.3 Å². The number of ether oxygens (including phenoxy) is 1. The van der Waals surface area contributed by atoms with Crippen molar-refractivity contribution >= 4 is 63.5 Å². The van der Waals surface area contributed by atoms with Crippen molar-refractivity contribution < 1.29 is 31.5 Å². The third kappa shape index (κ3) is 6.15. The average molecular weight is 602 g/mol. The maximum atomic E-state index is 13.1. The molecule has 16 heteroatoms. The fourth-order valence-corrected chi connectivity index (χ4v) is 4.70. The lowest BCUT2D eigenvalue weighted by molar-refractivity contribution is -0.182. The highest BCUT2D eigenvalue weighted by molar-refractivity contribution is 6.45. The molecule has 0 bridgehead atoms. The van der Waals surface area contributed by atoms with Crippen LogP contribution >= 0.6 is 34.8 Å². The van der Waals surface area contributed by atoms with Crippen LogP contribution in [0.3, 0.4) is 0 Å². The van der Waals surface area contributed by atoms with Gasteiger partial charge in [0.15, 0.2) is 12.3 Å². The molecule has 0 spiro atoms. The van der Waals surface area contributed by atoms with Crippen molar-refractivity contribution in [3.8, 4) is 5.88 Å². The number of nitrogens with one attached hydrogen (secondary N) is 2. The number of hydrogen-bond donors (Lipinski definition) is 2. The van der Waals surface area contributed by atoms with Crippen LogP contribution in [-0.2, 0) is 7.05 Å². The van der Waals surface area contributed by atoms with Crippen molar-refractivity contribution in [3.63, 3.8) is 0 Å². The van der Waals surface area contributed by atoms with E-state index in [1.165, 1.54) is 16.8 Å². The third-order valence-electron chi connectivity index (χ3n) is 6.09. The van der Waals surface area contributed by atoms with E-state index in [9.17, 15) is 26.7 Å². The number of alkyl halides is 5. The van der Waals surface area contributed by atoms with Crippen LogP contribution in [0, 0.1) is 5.92 Å². The van der Waals surface area contributed by atoms with Gasteiger partial charge in [0.05, 0.1) is 16.6 Å². The molecule has 1 saturated carbocycles. The SMILES string of the molecule is Cn1c(Nc2c(Cl)cnc(Cl)c2Cl)nc2cc(C(=O)N[C@H]3CC[C@H](C(F)(F)F)CC3)c(OCC(F)F)nc21. The van der Waals surface area contributed by atoms with Gasteiger partial charge in [-0.05, 0) is 31.7 Å². The predicted octanol–water partition coefficient (Wildman–Crippen LogP) is 6.56. The Labute approximate surface area is 227 Å². The quantitative estimate of drug-likeness (QED) is 0.235. The molecule has 0 saturated heterocycles. The number of carbonyl (C=O) groups is 1. The Morgan fingerprint density at radius 3 is 2.50 bits per heavy atom. The molecule has 0 radical (unpaired) electrons. The van der Waals surface area contributed by atoms with E-state index in [-0.39, 0.29) is 75.1 Å². The Morgan fingerprint density at radius 2 is 1.87 bits per heavy atom. The maximum Gasteiger partial charge on any atom is 0.391 e. The largest absolute Gasteiger partial charge is 0.471 e. The molecule has 2 N–H and O–H groups in total. The number of amides is 1. The van der Waals surface area contributed by atoms with E-state index >= 15 is 0 Å². The summed E-state index contributed by atoms with van der Waals surface area (Å²) in [6.45, 7) is -1.03. The highest BCUT2D eigenvalue weighted by Gasteiger charge is 2.41. The minimum atomic E-state index is -4.29. The number of aromatic nitrogens is 4. The van der Waals surface area contributed by atoms with Crippen LogP contribution in [0.1, 0.15) is 36.0 Å². The molecule has 0 aromatic carbocycles. The van der Waals surface area contributed by atoms with E-state index in [2.05, 4.69) is 25.6 Å². The molecule has 3 aromatic heterocycles. The van der Waals surface area contributed by atoms with Gasteiger partial charge in [-0.15, -0.1) is 0 Å². The summed E-state index contributed by atoms with van der Waals surface area (Å²) in [5.41, 5.74) is 0.376. The minimum absolute atomic E-state index is 0.0126. The molecular formula is C22H20Cl3F5N6O2. The van der Waals surface area contributed by atoms with Crippen molar-refractivity contribution in [2.45, 2.75) is 44.3 Å². The van der Waals surface area contributed by atoms with Crippen molar-refractivity contribution in [1.82, 2.24) is 24.8 Å². The van der Waals surface area contributed by atoms with Gasteiger partial charge < -0.3 is 15.4 Å². The molecule has 0 unspecified atom stereocenters. The number of anilines is 2. The summed E-state index contributed by atoms with van der Waals surface area (Å²) in [5.74, 6) is -2.36. The number of hydrogen-bond acceptors (Lipinski definition) is 6. The first-order valence-electron chi connectivity index (χ1n) is 11.3. The number of nitrogens with zero attached hydrogens (tertiary/aromatic N) is 4. The summed E-state index contributed by atoms with van der Waals surface area (Å²) in [6, 6.07) is 0.773. The molecule has 0 atom stereocenters. The van der Waals surface area contributed by atoms with Gasteiger partial charge >= 0.3 is 6.18 Å². The van der Waals surface area contributed by atoms with Crippen molar-refractivity contribution in [2.75, 3.05) is 11.9 Å². The lowest BCUT2D eigenvalue weighted by Gasteiger charge is -2.30. The van der Waals surface area contributed by atoms with Crippen molar-refractivity contribution in [1.29, 1.82) is 0 Å². The summed E-state index contributed by atoms with van der Waals surface area (Å²) in [7, 11) is 1.56. The zero-order valence-electron chi connectivity index (χ0n) is 19.6. The molecule has 1 fully saturated rings. The second kappa shape index (κ2) is 11.2. The van der Waals surface area contributed by atoms with Crippen LogP contribution in [-0.4, -0.2) is 50.7 Å². The molecule has 1 aliphatic carbocycles. The zero-order valence-corrected chi connectivity index (χ0v) is 21.8. The van der Waals surface area contributed by atoms with Crippen LogP contribution in [0.4, 0.5) is 33.6 Å². The second-order valence-electron chi connectivity index (χ2n) is 8.65. The summed E-state index contributed by atoms with van der Waals surface area (Å²) in [6.07, 6.45) is -5.87. The van der Waals surface area contributed by atoms with Crippen molar-refractivity contribution in [2.24, 2.45) is 13.0 Å². The van der Waals surface area contributed by atoms with Crippen LogP contribution in [0.15, 0.2) is 12.3 Å². The molecule has 38 heavy (non-hydrogen) atoms. The molecule has 8 nitrogen and oxygen atoms in total. The summed E-state index contributed by atoms with van der Waals surface area (Å²) < 4.78 is 71.3. The lowest BCUT2D eigenvalue weighted by Crippen LogP contribution is -2.40. The van der Waals surface area contributed by atoms with Gasteiger partial charge in [0.25, 0.3) is 12.3 Å². The van der Waals surface area contributed by atoms with Gasteiger partial charge in [-0.25, -0.2) is 18.7 Å². The van der Waals surface area contributed by atoms with E-state index in [0.29, 0.717) is 0 Å². The summed E-state index contributed by atoms with van der Waals surface area (Å²) >= 11 is 18.3. The Bertz CT molecular complexity index is 1350. The Morgan fingerprint density at radius 1 is 1.18 bits per heavy atom. The van der Waals surface area contributed by atoms with Gasteiger partial charge in [-0.1, -0.05) is 34.8 Å². The first-order chi connectivity index (χ1) is 17.8. The Hall–Kier alpha value is -2.64. The van der Waals surface area contributed by atoms with E-state index in [0.717, 1.165) is 0 Å². The normalized spacial score (nSPS) is 18.2. The second-order valence-corrected chi connectivity index (χ2v) is 9.80. The standard InChI is InChI=1S/C22H20Cl3F5N6O2/c1-36-18-13(33-21(36)34-16-12(23)7-31-17(25)15(16)24)6-11(20(35-18)38-8-14(26)27)19(37)32-10-4-2-9(3-5-10)22(28,29)30/h6-7,9-10,14H,2-5,8H2,1H3,(H,32,37)(H,31,33,34)/t9-,10-. The van der Waals surface area contributed by atoms with Crippen molar-refractivity contribution in [3.05, 3.63) is 33.0 Å². The van der Waals surface area contributed by atoms with Gasteiger partial charge in [0, 0.05) is 19.3 Å². The average Bonchev–Trinajstić information content (AvgIpc) is 3.16. The number of halogens is 8. The molecule has 4 rings (SSSR count). The Balaban J connectivity index is 1.63. The number of imidazole rings is 1. The minimum Gasteiger partial charge on any atom is -0.471 e. The zero-order chi connectivity index (χ0) is 27.8. The molecule has 1 aliphatic rings. The van der Waals surface area contributed by atoms with Crippen LogP contribution < -0.4 is 15.4 Å². The number of rotatable bonds is 7. The van der Waals surface area contributed by atoms with E-state index < -0.39 is 37.1 Å². The Kier molecular flexibility index (Phi) is 8.38. The first-order valence-corrected chi connectivity index (χ1v) is 12.4. The van der Waals surface area contributed by atoms with Gasteiger partial charge in [-0.2, -0.15) is 18.2 Å².